The average molecular weight is 123 g/mol. The molecular weight excluding hydrogens is 118 g/mol. The second-order valence-corrected chi connectivity index (χ2v) is 0.366. The average Bonchev–Trinajstić information content (AvgIpc) is 1.33. The number of rotatable bonds is 0. The first-order valence-corrected chi connectivity index (χ1v) is 1.06. The zero-order valence-corrected chi connectivity index (χ0v) is 3.83. The predicted molar refractivity (Wildman–Crippen MR) is 20.7 cm³/mol. The first kappa shape index (κ1) is 16.0. The van der Waals surface area contributed by atoms with Crippen LogP contribution in [0.4, 0.5) is 4.79 Å². The molecule has 0 saturated carbocycles. The summed E-state index contributed by atoms with van der Waals surface area (Å²) in [5.74, 6) is 0. The molecule has 0 unspecified atom stereocenters. The molecule has 0 saturated heterocycles. The Labute approximate surface area is 44.3 Å². The van der Waals surface area contributed by atoms with Crippen molar-refractivity contribution < 1.29 is 24.6 Å². The zero-order valence-electron chi connectivity index (χ0n) is 3.83. The largest absolute Gasteiger partial charge is 0.503 e. The van der Waals surface area contributed by atoms with E-state index in [1.807, 2.05) is 0 Å². The molecule has 48 valence electrons. The lowest BCUT2D eigenvalue weighted by Gasteiger charge is -1.60. The van der Waals surface area contributed by atoms with Crippen LogP contribution in [0, 0.1) is 0 Å². The van der Waals surface area contributed by atoms with Gasteiger partial charge in [0.2, 0.25) is 0 Å². The minimum Gasteiger partial charge on any atom is -0.450 e. The maximum Gasteiger partial charge on any atom is 0.503 e. The Bertz CT molecular complexity index is 78.4. The number of hydrogen-bond donors (Lipinski definition) is 3. The SMILES string of the molecule is N.O=C(O)O.O=C=O. The summed E-state index contributed by atoms with van der Waals surface area (Å²) in [5, 5.41) is 13.9. The summed E-state index contributed by atoms with van der Waals surface area (Å²) < 4.78 is 0. The van der Waals surface area contributed by atoms with Gasteiger partial charge in [-0.15, -0.1) is 0 Å². The fraction of sp³-hybridized carbons (Fsp3) is 0. The standard InChI is InChI=1S/CH2O3.CO2.H3N/c2-1(3)4;2-1-3;/h(H2,2,3,4);;1H3. The third kappa shape index (κ3) is 31.1. The first-order chi connectivity index (χ1) is 3.15. The van der Waals surface area contributed by atoms with Crippen molar-refractivity contribution in [2.75, 3.05) is 0 Å². The second kappa shape index (κ2) is 17.5. The quantitative estimate of drug-likeness (QED) is 0.409. The predicted octanol–water partition coefficient (Wildman–Crippen LogP) is -0.199. The van der Waals surface area contributed by atoms with Crippen LogP contribution in [0.25, 0.3) is 0 Å². The second-order valence-electron chi connectivity index (χ2n) is 0.366. The van der Waals surface area contributed by atoms with Gasteiger partial charge < -0.3 is 16.4 Å². The summed E-state index contributed by atoms with van der Waals surface area (Å²) >= 11 is 0. The van der Waals surface area contributed by atoms with Crippen molar-refractivity contribution in [1.82, 2.24) is 6.15 Å². The highest BCUT2D eigenvalue weighted by Gasteiger charge is 1.70. The lowest BCUT2D eigenvalue weighted by atomic mass is 11.5. The van der Waals surface area contributed by atoms with Crippen molar-refractivity contribution in [3.8, 4) is 0 Å². The summed E-state index contributed by atoms with van der Waals surface area (Å²) in [4.78, 5) is 24.8. The van der Waals surface area contributed by atoms with Gasteiger partial charge in [0, 0.05) is 0 Å². The fourth-order valence-corrected chi connectivity index (χ4v) is 0. The molecule has 0 aliphatic heterocycles. The molecule has 0 aromatic carbocycles. The molecule has 0 atom stereocenters. The lowest BCUT2D eigenvalue weighted by molar-refractivity contribution is -0.191. The molecule has 0 aromatic rings. The van der Waals surface area contributed by atoms with Gasteiger partial charge >= 0.3 is 12.3 Å². The molecular formula is C2H5NO5. The Hall–Kier alpha value is -1.39. The molecule has 5 N–H and O–H groups in total. The van der Waals surface area contributed by atoms with Gasteiger partial charge in [-0.25, -0.2) is 4.79 Å². The fourth-order valence-electron chi connectivity index (χ4n) is 0. The number of carboxylic acid groups (broad SMARTS) is 2. The third-order valence-electron chi connectivity index (χ3n) is 0. The molecule has 6 heteroatoms. The van der Waals surface area contributed by atoms with E-state index in [1.54, 1.807) is 0 Å². The summed E-state index contributed by atoms with van der Waals surface area (Å²) in [7, 11) is 0. The van der Waals surface area contributed by atoms with Crippen molar-refractivity contribution in [3.05, 3.63) is 0 Å². The highest BCUT2D eigenvalue weighted by Crippen LogP contribution is 1.42. The van der Waals surface area contributed by atoms with Crippen molar-refractivity contribution in [3.63, 3.8) is 0 Å². The highest BCUT2D eigenvalue weighted by molar-refractivity contribution is 5.53. The Morgan fingerprint density at radius 2 is 1.25 bits per heavy atom. The van der Waals surface area contributed by atoms with Crippen LogP contribution < -0.4 is 6.15 Å². The van der Waals surface area contributed by atoms with Gasteiger partial charge in [0.1, 0.15) is 0 Å². The molecule has 0 aliphatic carbocycles. The van der Waals surface area contributed by atoms with Gasteiger partial charge in [-0.2, -0.15) is 9.59 Å². The molecule has 0 amide bonds. The molecule has 0 fully saturated rings. The maximum atomic E-state index is 8.56. The summed E-state index contributed by atoms with van der Waals surface area (Å²) in [6.07, 6.45) is -1.58. The lowest BCUT2D eigenvalue weighted by Crippen LogP contribution is -1.81. The molecule has 6 nitrogen and oxygen atoms in total. The molecule has 0 rings (SSSR count). The van der Waals surface area contributed by atoms with E-state index in [0.717, 1.165) is 0 Å². The molecule has 8 heavy (non-hydrogen) atoms. The van der Waals surface area contributed by atoms with E-state index in [2.05, 4.69) is 0 Å². The molecule has 0 aromatic heterocycles. The Balaban J connectivity index is -0.0000000575. The van der Waals surface area contributed by atoms with E-state index in [-0.39, 0.29) is 12.3 Å². The van der Waals surface area contributed by atoms with E-state index in [0.29, 0.717) is 0 Å². The number of carbonyl (C=O) groups is 1. The Kier molecular flexibility index (Phi) is 34.9. The van der Waals surface area contributed by atoms with Crippen LogP contribution in [0.3, 0.4) is 0 Å². The van der Waals surface area contributed by atoms with Crippen LogP contribution in [-0.2, 0) is 9.59 Å². The van der Waals surface area contributed by atoms with Gasteiger partial charge in [0.25, 0.3) is 0 Å². The van der Waals surface area contributed by atoms with Gasteiger partial charge in [0.15, 0.2) is 0 Å². The highest BCUT2D eigenvalue weighted by atomic mass is 16.6. The van der Waals surface area contributed by atoms with Crippen LogP contribution in [0.1, 0.15) is 0 Å². The minimum absolute atomic E-state index is 0. The molecule has 0 bridgehead atoms. The smallest absolute Gasteiger partial charge is 0.450 e. The van der Waals surface area contributed by atoms with Crippen molar-refractivity contribution >= 4 is 12.3 Å². The van der Waals surface area contributed by atoms with Crippen molar-refractivity contribution in [2.24, 2.45) is 0 Å². The van der Waals surface area contributed by atoms with Crippen LogP contribution >= 0.6 is 0 Å². The van der Waals surface area contributed by atoms with Crippen LogP contribution in [0.15, 0.2) is 0 Å². The minimum atomic E-state index is -1.83. The normalized spacial score (nSPS) is 4.00. The van der Waals surface area contributed by atoms with Crippen molar-refractivity contribution in [2.45, 2.75) is 0 Å². The topological polar surface area (TPSA) is 127 Å². The maximum absolute atomic E-state index is 8.56. The van der Waals surface area contributed by atoms with Gasteiger partial charge in [-0.3, -0.25) is 0 Å². The van der Waals surface area contributed by atoms with Crippen molar-refractivity contribution in [1.29, 1.82) is 0 Å². The summed E-state index contributed by atoms with van der Waals surface area (Å²) in [6.45, 7) is 0. The van der Waals surface area contributed by atoms with Gasteiger partial charge in [0.05, 0.1) is 0 Å². The molecule has 0 spiro atoms. The Morgan fingerprint density at radius 3 is 1.25 bits per heavy atom. The van der Waals surface area contributed by atoms with E-state index in [1.165, 1.54) is 0 Å². The van der Waals surface area contributed by atoms with E-state index in [9.17, 15) is 0 Å². The van der Waals surface area contributed by atoms with Gasteiger partial charge in [-0.1, -0.05) is 0 Å². The third-order valence-corrected chi connectivity index (χ3v) is 0. The monoisotopic (exact) mass is 123 g/mol. The molecule has 0 aliphatic rings. The summed E-state index contributed by atoms with van der Waals surface area (Å²) in [5.41, 5.74) is 0. The van der Waals surface area contributed by atoms with E-state index >= 15 is 0 Å². The molecule has 0 heterocycles. The number of hydrogen-bond acceptors (Lipinski definition) is 4. The van der Waals surface area contributed by atoms with E-state index in [4.69, 9.17) is 24.6 Å². The van der Waals surface area contributed by atoms with E-state index < -0.39 is 6.16 Å². The van der Waals surface area contributed by atoms with Gasteiger partial charge in [-0.05, 0) is 0 Å². The first-order valence-electron chi connectivity index (χ1n) is 1.06. The zero-order chi connectivity index (χ0) is 6.28. The Morgan fingerprint density at radius 1 is 1.25 bits per heavy atom. The number of carbonyl (C=O) groups excluding carboxylic acids is 2. The van der Waals surface area contributed by atoms with Crippen LogP contribution in [-0.4, -0.2) is 22.5 Å². The molecule has 0 radical (unpaired) electrons. The van der Waals surface area contributed by atoms with Crippen LogP contribution in [0.5, 0.6) is 0 Å². The summed E-state index contributed by atoms with van der Waals surface area (Å²) in [6, 6.07) is 0. The van der Waals surface area contributed by atoms with Crippen LogP contribution in [0.2, 0.25) is 0 Å².